The van der Waals surface area contributed by atoms with Crippen LogP contribution in [0.15, 0.2) is 41.3 Å². The molecule has 4 rings (SSSR count). The van der Waals surface area contributed by atoms with E-state index in [4.69, 9.17) is 9.47 Å². The van der Waals surface area contributed by atoms with Gasteiger partial charge in [-0.1, -0.05) is 6.07 Å². The number of carbonyl (C=O) groups excluding carboxylic acids is 1. The van der Waals surface area contributed by atoms with Crippen LogP contribution in [0.1, 0.15) is 36.6 Å². The minimum atomic E-state index is -3.81. The molecule has 1 aliphatic rings. The highest BCUT2D eigenvalue weighted by atomic mass is 32.2. The van der Waals surface area contributed by atoms with Gasteiger partial charge in [0.15, 0.2) is 11.5 Å². The van der Waals surface area contributed by atoms with Crippen LogP contribution in [0.5, 0.6) is 11.5 Å². The third-order valence-corrected chi connectivity index (χ3v) is 7.96. The van der Waals surface area contributed by atoms with Crippen molar-refractivity contribution in [2.24, 2.45) is 0 Å². The summed E-state index contributed by atoms with van der Waals surface area (Å²) in [5, 5.41) is 3.73. The zero-order valence-corrected chi connectivity index (χ0v) is 20.6. The molecule has 1 amide bonds. The van der Waals surface area contributed by atoms with Gasteiger partial charge in [0, 0.05) is 30.2 Å². The highest BCUT2D eigenvalue weighted by Crippen LogP contribution is 2.31. The molecule has 0 radical (unpaired) electrons. The van der Waals surface area contributed by atoms with Crippen LogP contribution in [0.25, 0.3) is 10.9 Å². The van der Waals surface area contributed by atoms with Gasteiger partial charge in [0.2, 0.25) is 15.9 Å². The predicted octanol–water partition coefficient (Wildman–Crippen LogP) is 3.39. The van der Waals surface area contributed by atoms with Crippen molar-refractivity contribution in [1.29, 1.82) is 0 Å². The topological polar surface area (TPSA) is 101 Å². The first-order valence-electron chi connectivity index (χ1n) is 11.5. The molecule has 8 nitrogen and oxygen atoms in total. The van der Waals surface area contributed by atoms with Gasteiger partial charge in [0.25, 0.3) is 0 Å². The number of aromatic amines is 1. The third kappa shape index (κ3) is 4.90. The summed E-state index contributed by atoms with van der Waals surface area (Å²) in [6.07, 6.45) is 4.20. The van der Waals surface area contributed by atoms with Crippen LogP contribution in [0.2, 0.25) is 0 Å². The maximum absolute atomic E-state index is 13.2. The van der Waals surface area contributed by atoms with E-state index in [1.807, 2.05) is 19.1 Å². The Morgan fingerprint density at radius 1 is 1.12 bits per heavy atom. The number of ether oxygens (including phenoxy) is 2. The van der Waals surface area contributed by atoms with Crippen LogP contribution in [0.3, 0.4) is 0 Å². The fraction of sp³-hybridized carbons (Fsp3) is 0.400. The average molecular weight is 486 g/mol. The molecule has 2 N–H and O–H groups in total. The van der Waals surface area contributed by atoms with Gasteiger partial charge in [-0.3, -0.25) is 4.79 Å². The van der Waals surface area contributed by atoms with E-state index < -0.39 is 10.0 Å². The molecule has 2 aromatic carbocycles. The van der Waals surface area contributed by atoms with Gasteiger partial charge in [-0.2, -0.15) is 4.31 Å². The number of aromatic nitrogens is 1. The highest BCUT2D eigenvalue weighted by molar-refractivity contribution is 7.89. The lowest BCUT2D eigenvalue weighted by Gasteiger charge is -2.17. The molecule has 0 bridgehead atoms. The fourth-order valence-electron chi connectivity index (χ4n) is 4.37. The van der Waals surface area contributed by atoms with Crippen molar-refractivity contribution >= 4 is 26.8 Å². The largest absolute Gasteiger partial charge is 0.493 e. The predicted molar refractivity (Wildman–Crippen MR) is 131 cm³/mol. The normalized spacial score (nSPS) is 13.6. The second-order valence-electron chi connectivity index (χ2n) is 8.45. The molecule has 1 aromatic heterocycles. The average Bonchev–Trinajstić information content (AvgIpc) is 3.21. The molecular formula is C25H31N3O5S. The van der Waals surface area contributed by atoms with Crippen LogP contribution < -0.4 is 14.8 Å². The van der Waals surface area contributed by atoms with Crippen molar-refractivity contribution < 1.29 is 22.7 Å². The molecule has 0 aliphatic heterocycles. The van der Waals surface area contributed by atoms with Crippen molar-refractivity contribution in [3.05, 3.63) is 53.2 Å². The molecule has 0 atom stereocenters. The van der Waals surface area contributed by atoms with E-state index in [2.05, 4.69) is 10.3 Å². The van der Waals surface area contributed by atoms with Crippen molar-refractivity contribution in [2.45, 2.75) is 44.0 Å². The monoisotopic (exact) mass is 485 g/mol. The minimum absolute atomic E-state index is 0.193. The lowest BCUT2D eigenvalue weighted by atomic mass is 9.96. The smallest absolute Gasteiger partial charge is 0.243 e. The zero-order valence-electron chi connectivity index (χ0n) is 19.8. The fourth-order valence-corrected chi connectivity index (χ4v) is 5.52. The summed E-state index contributed by atoms with van der Waals surface area (Å²) in [6, 6.07) is 10.6. The lowest BCUT2D eigenvalue weighted by molar-refractivity contribution is -0.121. The molecule has 34 heavy (non-hydrogen) atoms. The molecule has 182 valence electrons. The van der Waals surface area contributed by atoms with E-state index in [0.29, 0.717) is 18.1 Å². The molecule has 9 heteroatoms. The Morgan fingerprint density at radius 2 is 1.91 bits per heavy atom. The SMILES string of the molecule is CCOc1ccc(CNC(=O)CN(C)S(=O)(=O)c2ccc3[nH]c4c(c3c2)CCCC4)cc1OC. The summed E-state index contributed by atoms with van der Waals surface area (Å²) < 4.78 is 38.3. The maximum atomic E-state index is 13.2. The number of methoxy groups -OCH3 is 1. The van der Waals surface area contributed by atoms with Crippen molar-refractivity contribution in [1.82, 2.24) is 14.6 Å². The number of hydrogen-bond donors (Lipinski definition) is 2. The second kappa shape index (κ2) is 10.1. The first-order chi connectivity index (χ1) is 16.3. The van der Waals surface area contributed by atoms with Crippen molar-refractivity contribution in [3.63, 3.8) is 0 Å². The number of fused-ring (bicyclic) bond motifs is 3. The van der Waals surface area contributed by atoms with Gasteiger partial charge < -0.3 is 19.8 Å². The number of hydrogen-bond acceptors (Lipinski definition) is 5. The quantitative estimate of drug-likeness (QED) is 0.484. The van der Waals surface area contributed by atoms with E-state index in [1.54, 1.807) is 31.4 Å². The number of aryl methyl sites for hydroxylation is 2. The van der Waals surface area contributed by atoms with Crippen LogP contribution >= 0.6 is 0 Å². The molecular weight excluding hydrogens is 454 g/mol. The standard InChI is InChI=1S/C25H31N3O5S/c1-4-33-23-12-9-17(13-24(23)32-3)15-26-25(29)16-28(2)34(30,31)18-10-11-22-20(14-18)19-7-5-6-8-21(19)27-22/h9-14,27H,4-8,15-16H2,1-3H3,(H,26,29). The summed E-state index contributed by atoms with van der Waals surface area (Å²) in [4.78, 5) is 16.1. The van der Waals surface area contributed by atoms with Crippen LogP contribution in [0, 0.1) is 0 Å². The van der Waals surface area contributed by atoms with Gasteiger partial charge in [-0.25, -0.2) is 8.42 Å². The van der Waals surface area contributed by atoms with Gasteiger partial charge in [-0.15, -0.1) is 0 Å². The number of likely N-dealkylation sites (N-methyl/N-ethyl adjacent to an activating group) is 1. The van der Waals surface area contributed by atoms with Gasteiger partial charge in [-0.05, 0) is 74.1 Å². The molecule has 0 spiro atoms. The minimum Gasteiger partial charge on any atom is -0.493 e. The van der Waals surface area contributed by atoms with Crippen LogP contribution in [-0.4, -0.2) is 50.9 Å². The highest BCUT2D eigenvalue weighted by Gasteiger charge is 2.25. The number of H-pyrrole nitrogens is 1. The number of amides is 1. The molecule has 3 aromatic rings. The van der Waals surface area contributed by atoms with Crippen molar-refractivity contribution in [2.75, 3.05) is 27.3 Å². The summed E-state index contributed by atoms with van der Waals surface area (Å²) in [7, 11) is -0.835. The molecule has 0 saturated carbocycles. The van der Waals surface area contributed by atoms with Gasteiger partial charge in [0.05, 0.1) is 25.2 Å². The Bertz CT molecular complexity index is 1300. The van der Waals surface area contributed by atoms with Crippen LogP contribution in [0.4, 0.5) is 0 Å². The van der Waals surface area contributed by atoms with E-state index >= 15 is 0 Å². The molecule has 1 aliphatic carbocycles. The van der Waals surface area contributed by atoms with E-state index in [-0.39, 0.29) is 23.9 Å². The number of benzene rings is 2. The number of rotatable bonds is 9. The zero-order chi connectivity index (χ0) is 24.3. The van der Waals surface area contributed by atoms with Crippen molar-refractivity contribution in [3.8, 4) is 11.5 Å². The van der Waals surface area contributed by atoms with E-state index in [1.165, 1.54) is 18.3 Å². The maximum Gasteiger partial charge on any atom is 0.243 e. The first kappa shape index (κ1) is 24.1. The number of carbonyl (C=O) groups is 1. The lowest BCUT2D eigenvalue weighted by Crippen LogP contribution is -2.38. The number of nitrogens with one attached hydrogen (secondary N) is 2. The summed E-state index contributed by atoms with van der Waals surface area (Å²) in [5.41, 5.74) is 4.19. The molecule has 1 heterocycles. The Hall–Kier alpha value is -3.04. The number of sulfonamides is 1. The first-order valence-corrected chi connectivity index (χ1v) is 12.9. The van der Waals surface area contributed by atoms with Gasteiger partial charge >= 0.3 is 0 Å². The second-order valence-corrected chi connectivity index (χ2v) is 10.5. The molecule has 0 unspecified atom stereocenters. The summed E-state index contributed by atoms with van der Waals surface area (Å²) in [5.74, 6) is 0.821. The van der Waals surface area contributed by atoms with Crippen LogP contribution in [-0.2, 0) is 34.2 Å². The third-order valence-electron chi connectivity index (χ3n) is 6.16. The van der Waals surface area contributed by atoms with E-state index in [0.717, 1.165) is 46.5 Å². The Kier molecular flexibility index (Phi) is 7.13. The summed E-state index contributed by atoms with van der Waals surface area (Å²) >= 11 is 0. The summed E-state index contributed by atoms with van der Waals surface area (Å²) in [6.45, 7) is 2.38. The Morgan fingerprint density at radius 3 is 2.68 bits per heavy atom. The Balaban J connectivity index is 1.42. The van der Waals surface area contributed by atoms with Gasteiger partial charge in [0.1, 0.15) is 0 Å². The number of nitrogens with zero attached hydrogens (tertiary/aromatic N) is 1. The molecule has 0 fully saturated rings. The molecule has 0 saturated heterocycles. The Labute approximate surface area is 200 Å². The van der Waals surface area contributed by atoms with E-state index in [9.17, 15) is 13.2 Å².